The summed E-state index contributed by atoms with van der Waals surface area (Å²) in [5.41, 5.74) is 5.55. The molecule has 2 aromatic rings. The molecule has 0 radical (unpaired) electrons. The number of hydrogen-bond acceptors (Lipinski definition) is 4. The molecule has 0 aromatic carbocycles. The Labute approximate surface area is 148 Å². The maximum atomic E-state index is 2.31. The fraction of sp³-hybridized carbons (Fsp3) is 0.375. The van der Waals surface area contributed by atoms with E-state index < -0.39 is 0 Å². The Kier molecular flexibility index (Phi) is 3.53. The van der Waals surface area contributed by atoms with Gasteiger partial charge in [0.05, 0.1) is 8.47 Å². The van der Waals surface area contributed by atoms with E-state index in [9.17, 15) is 0 Å². The zero-order valence-corrected chi connectivity index (χ0v) is 16.8. The Morgan fingerprint density at radius 3 is 0.955 bits per heavy atom. The van der Waals surface area contributed by atoms with Crippen molar-refractivity contribution < 1.29 is 0 Å². The van der Waals surface area contributed by atoms with Crippen LogP contribution in [0.25, 0.3) is 0 Å². The van der Waals surface area contributed by atoms with Crippen molar-refractivity contribution >= 4 is 47.0 Å². The lowest BCUT2D eigenvalue weighted by atomic mass is 10.4. The van der Waals surface area contributed by atoms with Crippen LogP contribution in [0.1, 0.15) is 22.8 Å². The molecule has 22 heavy (non-hydrogen) atoms. The SMILES string of the molecule is Cc1c2c(c(C)n1C)SC(=C1Sc3c(c(C)n(C)c3C)S1)S2. The molecule has 0 atom stereocenters. The summed E-state index contributed by atoms with van der Waals surface area (Å²) in [6, 6.07) is 0. The number of rotatable bonds is 0. The molecule has 0 saturated carbocycles. The summed E-state index contributed by atoms with van der Waals surface area (Å²) in [5.74, 6) is 0. The van der Waals surface area contributed by atoms with Crippen LogP contribution < -0.4 is 0 Å². The molecule has 6 heteroatoms. The van der Waals surface area contributed by atoms with Gasteiger partial charge < -0.3 is 9.13 Å². The Hall–Kier alpha value is -0.300. The minimum Gasteiger partial charge on any atom is -0.350 e. The Morgan fingerprint density at radius 1 is 0.500 bits per heavy atom. The van der Waals surface area contributed by atoms with Crippen molar-refractivity contribution in [2.24, 2.45) is 14.1 Å². The van der Waals surface area contributed by atoms with Crippen LogP contribution in [0.2, 0.25) is 0 Å². The topological polar surface area (TPSA) is 9.86 Å². The zero-order chi connectivity index (χ0) is 15.8. The largest absolute Gasteiger partial charge is 0.350 e. The lowest BCUT2D eigenvalue weighted by molar-refractivity contribution is 0.830. The number of hydrogen-bond donors (Lipinski definition) is 0. The summed E-state index contributed by atoms with van der Waals surface area (Å²) in [7, 11) is 4.33. The molecule has 2 aliphatic heterocycles. The van der Waals surface area contributed by atoms with Gasteiger partial charge >= 0.3 is 0 Å². The van der Waals surface area contributed by atoms with E-state index in [4.69, 9.17) is 0 Å². The standard InChI is InChI=1S/C16H18N2S4/c1-7-11-12(8(2)17(7)5)20-15(19-11)16-21-13-9(3)18(6)10(4)14(13)22-16/h1-6H3. The zero-order valence-electron chi connectivity index (χ0n) is 13.5. The monoisotopic (exact) mass is 366 g/mol. The Balaban J connectivity index is 1.72. The highest BCUT2D eigenvalue weighted by atomic mass is 32.2. The van der Waals surface area contributed by atoms with Crippen LogP contribution in [0.3, 0.4) is 0 Å². The Bertz CT molecular complexity index is 721. The molecule has 116 valence electrons. The lowest BCUT2D eigenvalue weighted by Crippen LogP contribution is -1.94. The van der Waals surface area contributed by atoms with Gasteiger partial charge in [-0.15, -0.1) is 0 Å². The van der Waals surface area contributed by atoms with Crippen LogP contribution in [0.4, 0.5) is 0 Å². The Morgan fingerprint density at radius 2 is 0.727 bits per heavy atom. The first-order valence-electron chi connectivity index (χ1n) is 7.17. The van der Waals surface area contributed by atoms with E-state index in [2.05, 4.69) is 50.9 Å². The average Bonchev–Trinajstić information content (AvgIpc) is 3.21. The van der Waals surface area contributed by atoms with E-state index in [-0.39, 0.29) is 0 Å². The highest BCUT2D eigenvalue weighted by Gasteiger charge is 2.33. The summed E-state index contributed by atoms with van der Waals surface area (Å²) < 4.78 is 7.54. The first-order valence-corrected chi connectivity index (χ1v) is 10.4. The quantitative estimate of drug-likeness (QED) is 0.581. The van der Waals surface area contributed by atoms with Crippen molar-refractivity contribution in [3.63, 3.8) is 0 Å². The van der Waals surface area contributed by atoms with Crippen LogP contribution in [0.5, 0.6) is 0 Å². The smallest absolute Gasteiger partial charge is 0.0708 e. The van der Waals surface area contributed by atoms with Crippen LogP contribution in [-0.2, 0) is 14.1 Å². The van der Waals surface area contributed by atoms with Gasteiger partial charge in [-0.1, -0.05) is 47.0 Å². The van der Waals surface area contributed by atoms with Crippen LogP contribution in [0, 0.1) is 27.7 Å². The van der Waals surface area contributed by atoms with Gasteiger partial charge in [0.25, 0.3) is 0 Å². The van der Waals surface area contributed by atoms with Crippen LogP contribution in [0.15, 0.2) is 28.1 Å². The number of nitrogens with zero attached hydrogens (tertiary/aromatic N) is 2. The van der Waals surface area contributed by atoms with E-state index in [1.54, 1.807) is 0 Å². The highest BCUT2D eigenvalue weighted by Crippen LogP contribution is 2.63. The van der Waals surface area contributed by atoms with Gasteiger partial charge in [-0.25, -0.2) is 0 Å². The predicted octanol–water partition coefficient (Wildman–Crippen LogP) is 5.82. The summed E-state index contributed by atoms with van der Waals surface area (Å²) in [6.45, 7) is 8.91. The molecule has 0 saturated heterocycles. The second-order valence-electron chi connectivity index (χ2n) is 5.76. The summed E-state index contributed by atoms with van der Waals surface area (Å²) in [5, 5.41) is 0. The van der Waals surface area contributed by atoms with Gasteiger partial charge in [-0.05, 0) is 27.7 Å². The van der Waals surface area contributed by atoms with E-state index in [1.807, 2.05) is 47.0 Å². The van der Waals surface area contributed by atoms with E-state index >= 15 is 0 Å². The molecule has 0 N–H and O–H groups in total. The first-order chi connectivity index (χ1) is 10.4. The van der Waals surface area contributed by atoms with E-state index in [0.29, 0.717) is 0 Å². The molecule has 2 nitrogen and oxygen atoms in total. The molecule has 0 unspecified atom stereocenters. The molecule has 0 aliphatic carbocycles. The minimum absolute atomic E-state index is 1.39. The summed E-state index contributed by atoms with van der Waals surface area (Å²) in [6.07, 6.45) is 0. The van der Waals surface area contributed by atoms with Crippen molar-refractivity contribution in [3.8, 4) is 0 Å². The average molecular weight is 367 g/mol. The molecule has 2 aliphatic rings. The minimum atomic E-state index is 1.39. The van der Waals surface area contributed by atoms with Crippen molar-refractivity contribution in [1.29, 1.82) is 0 Å². The second-order valence-corrected chi connectivity index (χ2v) is 10.4. The molecule has 4 rings (SSSR count). The fourth-order valence-corrected chi connectivity index (χ4v) is 8.84. The first kappa shape index (κ1) is 15.2. The van der Waals surface area contributed by atoms with Crippen molar-refractivity contribution in [1.82, 2.24) is 9.13 Å². The molecular weight excluding hydrogens is 348 g/mol. The number of fused-ring (bicyclic) bond motifs is 2. The molecule has 0 spiro atoms. The predicted molar refractivity (Wildman–Crippen MR) is 100 cm³/mol. The third-order valence-electron chi connectivity index (χ3n) is 4.69. The third-order valence-corrected chi connectivity index (χ3v) is 10.8. The maximum absolute atomic E-state index is 2.31. The van der Waals surface area contributed by atoms with Gasteiger partial charge in [-0.3, -0.25) is 0 Å². The molecule has 0 amide bonds. The normalized spacial score (nSPS) is 16.6. The van der Waals surface area contributed by atoms with Gasteiger partial charge in [0.2, 0.25) is 0 Å². The van der Waals surface area contributed by atoms with E-state index in [1.165, 1.54) is 50.8 Å². The van der Waals surface area contributed by atoms with Crippen molar-refractivity contribution in [2.75, 3.05) is 0 Å². The molecule has 2 aromatic heterocycles. The molecular formula is C16H18N2S4. The number of thioether (sulfide) groups is 4. The van der Waals surface area contributed by atoms with Crippen LogP contribution >= 0.6 is 47.0 Å². The maximum Gasteiger partial charge on any atom is 0.0708 e. The van der Waals surface area contributed by atoms with Gasteiger partial charge in [-0.2, -0.15) is 0 Å². The summed E-state index contributed by atoms with van der Waals surface area (Å²) in [4.78, 5) is 5.83. The lowest BCUT2D eigenvalue weighted by Gasteiger charge is -2.07. The molecule has 4 heterocycles. The third kappa shape index (κ3) is 1.93. The second kappa shape index (κ2) is 5.10. The van der Waals surface area contributed by atoms with Gasteiger partial charge in [0.15, 0.2) is 0 Å². The summed E-state index contributed by atoms with van der Waals surface area (Å²) >= 11 is 7.83. The molecule has 0 fully saturated rings. The van der Waals surface area contributed by atoms with Gasteiger partial charge in [0.1, 0.15) is 0 Å². The molecule has 0 bridgehead atoms. The number of aromatic nitrogens is 2. The highest BCUT2D eigenvalue weighted by molar-refractivity contribution is 8.30. The van der Waals surface area contributed by atoms with E-state index in [0.717, 1.165) is 0 Å². The van der Waals surface area contributed by atoms with Crippen molar-refractivity contribution in [3.05, 3.63) is 31.3 Å². The van der Waals surface area contributed by atoms with Crippen molar-refractivity contribution in [2.45, 2.75) is 47.3 Å². The van der Waals surface area contributed by atoms with Gasteiger partial charge in [0, 0.05) is 56.5 Å². The fourth-order valence-electron chi connectivity index (χ4n) is 2.83. The van der Waals surface area contributed by atoms with Crippen LogP contribution in [-0.4, -0.2) is 9.13 Å².